The number of aryl methyl sites for hydroxylation is 1. The van der Waals surface area contributed by atoms with Crippen molar-refractivity contribution in [3.8, 4) is 5.75 Å². The summed E-state index contributed by atoms with van der Waals surface area (Å²) in [6.07, 6.45) is 2.90. The number of benzene rings is 2. The number of carbonyl (C=O) groups excluding carboxylic acids is 2. The van der Waals surface area contributed by atoms with E-state index in [9.17, 15) is 9.59 Å². The number of aromatic nitrogens is 1. The lowest BCUT2D eigenvalue weighted by molar-refractivity contribution is -0.132. The van der Waals surface area contributed by atoms with Crippen molar-refractivity contribution in [2.24, 2.45) is 5.73 Å². The zero-order valence-electron chi connectivity index (χ0n) is 18.4. The van der Waals surface area contributed by atoms with E-state index in [-0.39, 0.29) is 11.8 Å². The van der Waals surface area contributed by atoms with E-state index in [2.05, 4.69) is 0 Å². The quantitative estimate of drug-likeness (QED) is 0.611. The van der Waals surface area contributed by atoms with Crippen LogP contribution in [0.3, 0.4) is 0 Å². The molecule has 6 nitrogen and oxygen atoms in total. The van der Waals surface area contributed by atoms with E-state index < -0.39 is 5.91 Å². The maximum atomic E-state index is 12.9. The van der Waals surface area contributed by atoms with Gasteiger partial charge in [0.1, 0.15) is 5.75 Å². The van der Waals surface area contributed by atoms with E-state index in [1.807, 2.05) is 66.4 Å². The maximum absolute atomic E-state index is 12.9. The van der Waals surface area contributed by atoms with Gasteiger partial charge in [0.2, 0.25) is 5.91 Å². The molecule has 6 heteroatoms. The third-order valence-electron chi connectivity index (χ3n) is 6.04. The minimum atomic E-state index is -0.475. The van der Waals surface area contributed by atoms with Crippen LogP contribution >= 0.6 is 0 Å². The minimum absolute atomic E-state index is 0.00489. The molecule has 1 aliphatic rings. The fourth-order valence-corrected chi connectivity index (χ4v) is 4.39. The van der Waals surface area contributed by atoms with Crippen LogP contribution in [0.25, 0.3) is 10.9 Å². The van der Waals surface area contributed by atoms with E-state index in [1.54, 1.807) is 0 Å². The molecule has 1 atom stereocenters. The SMILES string of the molecule is CCOc1ccc(CCC(=O)N2CCCC(c3nc4ccccc4cc3C(N)=O)C2)cc1. The summed E-state index contributed by atoms with van der Waals surface area (Å²) in [6, 6.07) is 17.4. The van der Waals surface area contributed by atoms with Gasteiger partial charge in [0.25, 0.3) is 5.91 Å². The summed E-state index contributed by atoms with van der Waals surface area (Å²) < 4.78 is 5.47. The van der Waals surface area contributed by atoms with E-state index in [0.717, 1.165) is 41.6 Å². The van der Waals surface area contributed by atoms with E-state index in [0.29, 0.717) is 37.3 Å². The summed E-state index contributed by atoms with van der Waals surface area (Å²) in [5, 5.41) is 0.893. The molecule has 1 aromatic heterocycles. The molecule has 1 unspecified atom stereocenters. The van der Waals surface area contributed by atoms with Crippen molar-refractivity contribution < 1.29 is 14.3 Å². The smallest absolute Gasteiger partial charge is 0.250 e. The number of primary amides is 1. The molecule has 1 fully saturated rings. The topological polar surface area (TPSA) is 85.5 Å². The Morgan fingerprint density at radius 2 is 1.94 bits per heavy atom. The second-order valence-corrected chi connectivity index (χ2v) is 8.23. The van der Waals surface area contributed by atoms with Crippen molar-refractivity contribution in [2.75, 3.05) is 19.7 Å². The summed E-state index contributed by atoms with van der Waals surface area (Å²) in [4.78, 5) is 31.8. The van der Waals surface area contributed by atoms with Crippen LogP contribution in [-0.4, -0.2) is 41.4 Å². The number of hydrogen-bond donors (Lipinski definition) is 1. The summed E-state index contributed by atoms with van der Waals surface area (Å²) in [7, 11) is 0. The van der Waals surface area contributed by atoms with Gasteiger partial charge in [-0.05, 0) is 56.0 Å². The predicted octanol–water partition coefficient (Wildman–Crippen LogP) is 4.07. The van der Waals surface area contributed by atoms with Crippen LogP contribution in [0.15, 0.2) is 54.6 Å². The Morgan fingerprint density at radius 3 is 2.69 bits per heavy atom. The number of piperidine rings is 1. The summed E-state index contributed by atoms with van der Waals surface area (Å²) >= 11 is 0. The Balaban J connectivity index is 1.45. The zero-order chi connectivity index (χ0) is 22.5. The highest BCUT2D eigenvalue weighted by Gasteiger charge is 2.28. The number of nitrogens with zero attached hydrogens (tertiary/aromatic N) is 2. The summed E-state index contributed by atoms with van der Waals surface area (Å²) in [6.45, 7) is 3.89. The number of fused-ring (bicyclic) bond motifs is 1. The molecule has 2 N–H and O–H groups in total. The van der Waals surface area contributed by atoms with Crippen molar-refractivity contribution in [1.82, 2.24) is 9.88 Å². The first-order valence-electron chi connectivity index (χ1n) is 11.2. The Morgan fingerprint density at radius 1 is 1.16 bits per heavy atom. The molecule has 0 radical (unpaired) electrons. The van der Waals surface area contributed by atoms with Crippen LogP contribution in [0.1, 0.15) is 53.7 Å². The average molecular weight is 432 g/mol. The van der Waals surface area contributed by atoms with Crippen molar-refractivity contribution in [3.63, 3.8) is 0 Å². The van der Waals surface area contributed by atoms with Crippen molar-refractivity contribution in [1.29, 1.82) is 0 Å². The van der Waals surface area contributed by atoms with Crippen LogP contribution in [0.4, 0.5) is 0 Å². The standard InChI is InChI=1S/C26H29N3O3/c1-2-32-21-12-9-18(10-13-21)11-14-24(30)29-15-5-7-20(17-29)25-22(26(27)31)16-19-6-3-4-8-23(19)28-25/h3-4,6,8-10,12-13,16,20H,2,5,7,11,14-15,17H2,1H3,(H2,27,31). The van der Waals surface area contributed by atoms with Gasteiger partial charge >= 0.3 is 0 Å². The molecule has 0 bridgehead atoms. The van der Waals surface area contributed by atoms with Crippen LogP contribution in [0.2, 0.25) is 0 Å². The molecule has 1 saturated heterocycles. The lowest BCUT2D eigenvalue weighted by atomic mass is 9.90. The van der Waals surface area contributed by atoms with E-state index >= 15 is 0 Å². The Kier molecular flexibility index (Phi) is 6.69. The molecule has 32 heavy (non-hydrogen) atoms. The summed E-state index contributed by atoms with van der Waals surface area (Å²) in [5.74, 6) is 0.502. The van der Waals surface area contributed by atoms with Gasteiger partial charge in [-0.15, -0.1) is 0 Å². The van der Waals surface area contributed by atoms with Gasteiger partial charge in [0, 0.05) is 30.8 Å². The lowest BCUT2D eigenvalue weighted by Crippen LogP contribution is -2.40. The number of hydrogen-bond acceptors (Lipinski definition) is 4. The monoisotopic (exact) mass is 431 g/mol. The molecule has 4 rings (SSSR count). The molecule has 2 amide bonds. The van der Waals surface area contributed by atoms with Crippen molar-refractivity contribution in [3.05, 3.63) is 71.4 Å². The van der Waals surface area contributed by atoms with Gasteiger partial charge < -0.3 is 15.4 Å². The first kappa shape index (κ1) is 21.8. The van der Waals surface area contributed by atoms with Crippen LogP contribution in [0, 0.1) is 0 Å². The molecule has 0 saturated carbocycles. The molecular weight excluding hydrogens is 402 g/mol. The van der Waals surface area contributed by atoms with Gasteiger partial charge in [-0.3, -0.25) is 14.6 Å². The minimum Gasteiger partial charge on any atom is -0.494 e. The number of rotatable bonds is 7. The Labute approximate surface area is 188 Å². The molecular formula is C26H29N3O3. The van der Waals surface area contributed by atoms with Crippen molar-refractivity contribution >= 4 is 22.7 Å². The Hall–Kier alpha value is -3.41. The van der Waals surface area contributed by atoms with Gasteiger partial charge in [-0.2, -0.15) is 0 Å². The fraction of sp³-hybridized carbons (Fsp3) is 0.346. The van der Waals surface area contributed by atoms with E-state index in [1.165, 1.54) is 0 Å². The van der Waals surface area contributed by atoms with Crippen molar-refractivity contribution in [2.45, 2.75) is 38.5 Å². The molecule has 166 valence electrons. The second-order valence-electron chi connectivity index (χ2n) is 8.23. The van der Waals surface area contributed by atoms with Crippen LogP contribution < -0.4 is 10.5 Å². The highest BCUT2D eigenvalue weighted by molar-refractivity contribution is 5.97. The lowest BCUT2D eigenvalue weighted by Gasteiger charge is -2.33. The highest BCUT2D eigenvalue weighted by Crippen LogP contribution is 2.30. The Bertz CT molecular complexity index is 1110. The van der Waals surface area contributed by atoms with Crippen LogP contribution in [0.5, 0.6) is 5.75 Å². The maximum Gasteiger partial charge on any atom is 0.250 e. The first-order valence-corrected chi connectivity index (χ1v) is 11.2. The summed E-state index contributed by atoms with van der Waals surface area (Å²) in [5.41, 5.74) is 8.80. The van der Waals surface area contributed by atoms with Gasteiger partial charge in [0.15, 0.2) is 0 Å². The molecule has 0 spiro atoms. The number of ether oxygens (including phenoxy) is 1. The predicted molar refractivity (Wildman–Crippen MR) is 125 cm³/mol. The van der Waals surface area contributed by atoms with Gasteiger partial charge in [-0.25, -0.2) is 0 Å². The number of nitrogens with two attached hydrogens (primary N) is 1. The normalized spacial score (nSPS) is 16.2. The van der Waals surface area contributed by atoms with Crippen LogP contribution in [-0.2, 0) is 11.2 Å². The number of para-hydroxylation sites is 1. The molecule has 2 heterocycles. The number of pyridine rings is 1. The van der Waals surface area contributed by atoms with Gasteiger partial charge in [0.05, 0.1) is 23.4 Å². The number of carbonyl (C=O) groups is 2. The largest absolute Gasteiger partial charge is 0.494 e. The number of likely N-dealkylation sites (tertiary alicyclic amines) is 1. The molecule has 3 aromatic rings. The highest BCUT2D eigenvalue weighted by atomic mass is 16.5. The zero-order valence-corrected chi connectivity index (χ0v) is 18.4. The molecule has 1 aliphatic heterocycles. The molecule has 2 aromatic carbocycles. The average Bonchev–Trinajstić information content (AvgIpc) is 2.82. The fourth-order valence-electron chi connectivity index (χ4n) is 4.39. The third-order valence-corrected chi connectivity index (χ3v) is 6.04. The first-order chi connectivity index (χ1) is 15.5. The second kappa shape index (κ2) is 9.81. The number of amides is 2. The van der Waals surface area contributed by atoms with Gasteiger partial charge in [-0.1, -0.05) is 30.3 Å². The third kappa shape index (κ3) is 4.90. The van der Waals surface area contributed by atoms with E-state index in [4.69, 9.17) is 15.5 Å². The molecule has 0 aliphatic carbocycles.